The molecule has 0 saturated carbocycles. The standard InChI is InChI=1S/C4H6O2.H2O3S/c1-4(6)2-3-5;1-4(2)3/h3H,2H2,1H3;(H2,1,2,3). The van der Waals surface area contributed by atoms with Crippen LogP contribution in [0.25, 0.3) is 0 Å². The highest BCUT2D eigenvalue weighted by atomic mass is 32.2. The molecule has 0 aliphatic heterocycles. The molecule has 0 aliphatic rings. The van der Waals surface area contributed by atoms with E-state index in [1.165, 1.54) is 6.92 Å². The summed E-state index contributed by atoms with van der Waals surface area (Å²) in [5.41, 5.74) is 0. The molecule has 0 aromatic heterocycles. The van der Waals surface area contributed by atoms with Gasteiger partial charge in [0.2, 0.25) is 0 Å². The molecule has 0 spiro atoms. The molecule has 0 unspecified atom stereocenters. The molecule has 0 bridgehead atoms. The van der Waals surface area contributed by atoms with Gasteiger partial charge in [0.25, 0.3) is 11.4 Å². The van der Waals surface area contributed by atoms with Gasteiger partial charge in [-0.25, -0.2) is 0 Å². The minimum atomic E-state index is -2.61. The Morgan fingerprint density at radius 2 is 1.90 bits per heavy atom. The van der Waals surface area contributed by atoms with E-state index in [4.69, 9.17) is 13.3 Å². The summed E-state index contributed by atoms with van der Waals surface area (Å²) in [6.45, 7) is 1.38. The molecule has 0 aromatic rings. The number of ketones is 1. The zero-order valence-electron chi connectivity index (χ0n) is 5.31. The lowest BCUT2D eigenvalue weighted by molar-refractivity contribution is -0.120. The van der Waals surface area contributed by atoms with Gasteiger partial charge in [0.1, 0.15) is 12.1 Å². The minimum Gasteiger partial charge on any atom is -0.303 e. The van der Waals surface area contributed by atoms with Gasteiger partial charge in [-0.2, -0.15) is 4.21 Å². The molecule has 0 heterocycles. The van der Waals surface area contributed by atoms with Crippen LogP contribution in [0, 0.1) is 0 Å². The third-order valence-electron chi connectivity index (χ3n) is 0.371. The van der Waals surface area contributed by atoms with Gasteiger partial charge in [-0.1, -0.05) is 0 Å². The third-order valence-corrected chi connectivity index (χ3v) is 0.371. The first kappa shape index (κ1) is 12.1. The molecule has 5 nitrogen and oxygen atoms in total. The molecular weight excluding hydrogens is 160 g/mol. The molecule has 0 saturated heterocycles. The molecule has 0 fully saturated rings. The van der Waals surface area contributed by atoms with Crippen LogP contribution < -0.4 is 0 Å². The number of aldehydes is 1. The van der Waals surface area contributed by atoms with Crippen molar-refractivity contribution in [2.75, 3.05) is 0 Å². The van der Waals surface area contributed by atoms with Crippen molar-refractivity contribution in [3.8, 4) is 0 Å². The van der Waals surface area contributed by atoms with Crippen molar-refractivity contribution < 1.29 is 22.9 Å². The smallest absolute Gasteiger partial charge is 0.299 e. The first-order valence-electron chi connectivity index (χ1n) is 2.23. The van der Waals surface area contributed by atoms with Gasteiger partial charge in [0, 0.05) is 0 Å². The molecule has 0 radical (unpaired) electrons. The number of hydrogen-bond acceptors (Lipinski definition) is 3. The maximum absolute atomic E-state index is 9.81. The Morgan fingerprint density at radius 3 is 1.90 bits per heavy atom. The zero-order valence-corrected chi connectivity index (χ0v) is 6.13. The number of hydrogen-bond donors (Lipinski definition) is 2. The molecule has 0 aromatic carbocycles. The average Bonchev–Trinajstić information content (AvgIpc) is 1.62. The second-order valence-electron chi connectivity index (χ2n) is 1.30. The molecule has 60 valence electrons. The monoisotopic (exact) mass is 168 g/mol. The third kappa shape index (κ3) is 52.4. The second kappa shape index (κ2) is 8.41. The zero-order chi connectivity index (χ0) is 8.57. The van der Waals surface area contributed by atoms with Crippen LogP contribution in [0.4, 0.5) is 0 Å². The van der Waals surface area contributed by atoms with E-state index in [1.54, 1.807) is 0 Å². The Hall–Kier alpha value is -0.590. The van der Waals surface area contributed by atoms with Crippen LogP contribution in [-0.2, 0) is 21.0 Å². The summed E-state index contributed by atoms with van der Waals surface area (Å²) in [6, 6.07) is 0. The van der Waals surface area contributed by atoms with Crippen molar-refractivity contribution in [2.45, 2.75) is 13.3 Å². The number of carbonyl (C=O) groups is 2. The summed E-state index contributed by atoms with van der Waals surface area (Å²) in [5.74, 6) is -0.0787. The summed E-state index contributed by atoms with van der Waals surface area (Å²) in [7, 11) is 0. The molecule has 6 heteroatoms. The fourth-order valence-electron chi connectivity index (χ4n) is 0.117. The maximum Gasteiger partial charge on any atom is 0.299 e. The lowest BCUT2D eigenvalue weighted by atomic mass is 10.3. The summed E-state index contributed by atoms with van der Waals surface area (Å²) in [5, 5.41) is 0. The molecule has 2 N–H and O–H groups in total. The molecule has 10 heavy (non-hydrogen) atoms. The van der Waals surface area contributed by atoms with E-state index in [2.05, 4.69) is 0 Å². The van der Waals surface area contributed by atoms with Gasteiger partial charge >= 0.3 is 0 Å². The Kier molecular flexibility index (Phi) is 10.2. The van der Waals surface area contributed by atoms with Crippen molar-refractivity contribution >= 4 is 23.4 Å². The van der Waals surface area contributed by atoms with Crippen LogP contribution >= 0.6 is 0 Å². The number of rotatable bonds is 2. The van der Waals surface area contributed by atoms with Gasteiger partial charge in [-0.05, 0) is 6.92 Å². The largest absolute Gasteiger partial charge is 0.303 e. The Bertz CT molecular complexity index is 128. The van der Waals surface area contributed by atoms with Crippen molar-refractivity contribution in [1.29, 1.82) is 0 Å². The predicted octanol–water partition coefficient (Wildman–Crippen LogP) is -0.154. The van der Waals surface area contributed by atoms with Crippen LogP contribution in [0.2, 0.25) is 0 Å². The van der Waals surface area contributed by atoms with E-state index in [0.29, 0.717) is 6.29 Å². The Labute approximate surface area is 60.5 Å². The Balaban J connectivity index is 0. The number of carbonyl (C=O) groups excluding carboxylic acids is 2. The predicted molar refractivity (Wildman–Crippen MR) is 34.8 cm³/mol. The fraction of sp³-hybridized carbons (Fsp3) is 0.500. The minimum absolute atomic E-state index is 0.0556. The SMILES string of the molecule is CC(=O)CC=O.O=S(O)O. The maximum atomic E-state index is 9.81. The molecule has 0 atom stereocenters. The topological polar surface area (TPSA) is 91.7 Å². The van der Waals surface area contributed by atoms with Crippen LogP contribution in [0.5, 0.6) is 0 Å². The van der Waals surface area contributed by atoms with Gasteiger partial charge in [-0.15, -0.1) is 0 Å². The van der Waals surface area contributed by atoms with E-state index in [1.807, 2.05) is 0 Å². The highest BCUT2D eigenvalue weighted by Crippen LogP contribution is 1.69. The Morgan fingerprint density at radius 1 is 1.60 bits per heavy atom. The summed E-state index contributed by atoms with van der Waals surface area (Å²) < 4.78 is 22.8. The number of Topliss-reactive ketones (excluding diaryl/α,β-unsaturated/α-hetero) is 1. The van der Waals surface area contributed by atoms with E-state index in [9.17, 15) is 9.59 Å². The molecule has 0 rings (SSSR count). The molecule has 0 amide bonds. The lowest BCUT2D eigenvalue weighted by Crippen LogP contribution is -1.87. The first-order chi connectivity index (χ1) is 4.50. The lowest BCUT2D eigenvalue weighted by Gasteiger charge is -1.71. The van der Waals surface area contributed by atoms with Crippen molar-refractivity contribution in [3.63, 3.8) is 0 Å². The quantitative estimate of drug-likeness (QED) is 0.339. The van der Waals surface area contributed by atoms with Crippen LogP contribution in [0.3, 0.4) is 0 Å². The van der Waals surface area contributed by atoms with Crippen LogP contribution in [0.1, 0.15) is 13.3 Å². The molecule has 0 aliphatic carbocycles. The van der Waals surface area contributed by atoms with Crippen molar-refractivity contribution in [2.24, 2.45) is 0 Å². The highest BCUT2D eigenvalue weighted by molar-refractivity contribution is 7.73. The highest BCUT2D eigenvalue weighted by Gasteiger charge is 1.83. The first-order valence-corrected chi connectivity index (χ1v) is 3.30. The van der Waals surface area contributed by atoms with Crippen LogP contribution in [0.15, 0.2) is 0 Å². The fourth-order valence-corrected chi connectivity index (χ4v) is 0.117. The van der Waals surface area contributed by atoms with E-state index >= 15 is 0 Å². The van der Waals surface area contributed by atoms with E-state index in [-0.39, 0.29) is 12.2 Å². The van der Waals surface area contributed by atoms with Gasteiger partial charge in [0.05, 0.1) is 6.42 Å². The van der Waals surface area contributed by atoms with Gasteiger partial charge in [0.15, 0.2) is 0 Å². The average molecular weight is 168 g/mol. The van der Waals surface area contributed by atoms with Crippen molar-refractivity contribution in [1.82, 2.24) is 0 Å². The summed E-state index contributed by atoms with van der Waals surface area (Å²) in [6.07, 6.45) is 0.655. The second-order valence-corrected chi connectivity index (χ2v) is 1.76. The van der Waals surface area contributed by atoms with E-state index < -0.39 is 11.4 Å². The van der Waals surface area contributed by atoms with Crippen molar-refractivity contribution in [3.05, 3.63) is 0 Å². The van der Waals surface area contributed by atoms with E-state index in [0.717, 1.165) is 0 Å². The van der Waals surface area contributed by atoms with Gasteiger partial charge in [-0.3, -0.25) is 13.9 Å². The summed E-state index contributed by atoms with van der Waals surface area (Å²) in [4.78, 5) is 19.2. The summed E-state index contributed by atoms with van der Waals surface area (Å²) >= 11 is -2.61. The van der Waals surface area contributed by atoms with Gasteiger partial charge < -0.3 is 4.79 Å². The molecular formula is C4H8O5S. The van der Waals surface area contributed by atoms with Crippen LogP contribution in [-0.4, -0.2) is 25.4 Å². The normalized spacial score (nSPS) is 8.00.